The zero-order chi connectivity index (χ0) is 14.4. The van der Waals surface area contributed by atoms with Gasteiger partial charge in [-0.1, -0.05) is 63.0 Å². The number of aliphatic hydroxyl groups is 2. The summed E-state index contributed by atoms with van der Waals surface area (Å²) >= 11 is 0. The molecule has 2 nitrogen and oxygen atoms in total. The minimum Gasteiger partial charge on any atom is -0.369 e. The Morgan fingerprint density at radius 3 is 1.11 bits per heavy atom. The Morgan fingerprint density at radius 2 is 0.889 bits per heavy atom. The zero-order valence-electron chi connectivity index (χ0n) is 12.0. The topological polar surface area (TPSA) is 40.5 Å². The van der Waals surface area contributed by atoms with E-state index < -0.39 is 28.4 Å². The van der Waals surface area contributed by atoms with Gasteiger partial charge >= 0.3 is 0 Å². The SMILES string of the molecule is C[Si](C)(C)C#C[C@@H](O)C#C[C@H](O)C#C[Si](C)(C)C. The van der Waals surface area contributed by atoms with Crippen LogP contribution in [0.2, 0.25) is 39.3 Å². The molecule has 0 unspecified atom stereocenters. The van der Waals surface area contributed by atoms with Crippen molar-refractivity contribution >= 4 is 16.1 Å². The maximum absolute atomic E-state index is 9.51. The molecule has 0 heterocycles. The van der Waals surface area contributed by atoms with Crippen LogP contribution in [0, 0.1) is 34.8 Å². The Labute approximate surface area is 113 Å². The van der Waals surface area contributed by atoms with Crippen molar-refractivity contribution in [3.63, 3.8) is 0 Å². The third-order valence-electron chi connectivity index (χ3n) is 1.52. The molecule has 0 aliphatic heterocycles. The summed E-state index contributed by atoms with van der Waals surface area (Å²) in [4.78, 5) is 0. The zero-order valence-corrected chi connectivity index (χ0v) is 14.0. The van der Waals surface area contributed by atoms with E-state index >= 15 is 0 Å². The number of hydrogen-bond acceptors (Lipinski definition) is 2. The highest BCUT2D eigenvalue weighted by Gasteiger charge is 2.09. The molecule has 0 aromatic heterocycles. The van der Waals surface area contributed by atoms with E-state index in [1.54, 1.807) is 0 Å². The van der Waals surface area contributed by atoms with Crippen molar-refractivity contribution in [1.82, 2.24) is 0 Å². The summed E-state index contributed by atoms with van der Waals surface area (Å²) < 4.78 is 0. The third kappa shape index (κ3) is 11.5. The molecule has 0 fully saturated rings. The fraction of sp³-hybridized carbons (Fsp3) is 0.571. The van der Waals surface area contributed by atoms with E-state index in [0.29, 0.717) is 0 Å². The second-order valence-electron chi connectivity index (χ2n) is 6.13. The van der Waals surface area contributed by atoms with Crippen molar-refractivity contribution in [3.8, 4) is 34.8 Å². The van der Waals surface area contributed by atoms with Crippen molar-refractivity contribution < 1.29 is 10.2 Å². The van der Waals surface area contributed by atoms with E-state index in [1.807, 2.05) is 0 Å². The normalized spacial score (nSPS) is 14.0. The summed E-state index contributed by atoms with van der Waals surface area (Å²) in [6.07, 6.45) is -2.00. The average Bonchev–Trinajstić information content (AvgIpc) is 2.18. The fourth-order valence-corrected chi connectivity index (χ4v) is 1.94. The van der Waals surface area contributed by atoms with Crippen LogP contribution in [0.4, 0.5) is 0 Å². The van der Waals surface area contributed by atoms with E-state index in [2.05, 4.69) is 74.1 Å². The maximum Gasteiger partial charge on any atom is 0.176 e. The van der Waals surface area contributed by atoms with Crippen LogP contribution in [0.3, 0.4) is 0 Å². The predicted octanol–water partition coefficient (Wildman–Crippen LogP) is 1.47. The van der Waals surface area contributed by atoms with Gasteiger partial charge in [0.25, 0.3) is 0 Å². The van der Waals surface area contributed by atoms with Crippen LogP contribution in [-0.2, 0) is 0 Å². The summed E-state index contributed by atoms with van der Waals surface area (Å²) in [6.45, 7) is 12.6. The number of hydrogen-bond donors (Lipinski definition) is 2. The van der Waals surface area contributed by atoms with E-state index in [4.69, 9.17) is 0 Å². The molecule has 0 radical (unpaired) electrons. The van der Waals surface area contributed by atoms with Crippen LogP contribution in [0.5, 0.6) is 0 Å². The van der Waals surface area contributed by atoms with Crippen LogP contribution in [0.1, 0.15) is 0 Å². The Bertz CT molecular complexity index is 408. The first-order valence-electron chi connectivity index (χ1n) is 5.92. The Kier molecular flexibility index (Phi) is 6.46. The standard InChI is InChI=1S/C14H22O2Si2/c1-17(2,3)11-9-13(15)7-8-14(16)10-12-18(4,5)6/h13-16H,1-6H3/t13-,14-/m0/s1. The van der Waals surface area contributed by atoms with Gasteiger partial charge in [0.05, 0.1) is 0 Å². The van der Waals surface area contributed by atoms with Crippen molar-refractivity contribution in [2.45, 2.75) is 51.5 Å². The second-order valence-corrected chi connectivity index (χ2v) is 15.6. The lowest BCUT2D eigenvalue weighted by Crippen LogP contribution is -2.18. The minimum absolute atomic E-state index is 1.000. The van der Waals surface area contributed by atoms with Gasteiger partial charge in [0.1, 0.15) is 16.1 Å². The largest absolute Gasteiger partial charge is 0.369 e. The molecule has 98 valence electrons. The van der Waals surface area contributed by atoms with E-state index in [1.165, 1.54) is 0 Å². The molecule has 4 heteroatoms. The first-order chi connectivity index (χ1) is 7.99. The molecular weight excluding hydrogens is 256 g/mol. The van der Waals surface area contributed by atoms with Crippen molar-refractivity contribution in [1.29, 1.82) is 0 Å². The van der Waals surface area contributed by atoms with Gasteiger partial charge < -0.3 is 10.2 Å². The molecule has 2 atom stereocenters. The lowest BCUT2D eigenvalue weighted by atomic mass is 10.3. The Hall–Kier alpha value is -0.966. The minimum atomic E-state index is -1.49. The predicted molar refractivity (Wildman–Crippen MR) is 82.0 cm³/mol. The first kappa shape index (κ1) is 17.0. The molecule has 0 rings (SSSR count). The molecule has 0 amide bonds. The summed E-state index contributed by atoms with van der Waals surface area (Å²) in [5.41, 5.74) is 6.05. The summed E-state index contributed by atoms with van der Waals surface area (Å²) in [6, 6.07) is 0. The second kappa shape index (κ2) is 6.83. The molecule has 0 aliphatic rings. The smallest absolute Gasteiger partial charge is 0.176 e. The van der Waals surface area contributed by atoms with E-state index in [-0.39, 0.29) is 0 Å². The lowest BCUT2D eigenvalue weighted by Gasteiger charge is -2.04. The highest BCUT2D eigenvalue weighted by atomic mass is 28.3. The molecule has 0 aliphatic carbocycles. The molecule has 0 aromatic carbocycles. The molecular formula is C14H22O2Si2. The van der Waals surface area contributed by atoms with Gasteiger partial charge in [0.15, 0.2) is 12.2 Å². The van der Waals surface area contributed by atoms with Crippen molar-refractivity contribution in [2.24, 2.45) is 0 Å². The summed E-state index contributed by atoms with van der Waals surface area (Å²) in [5.74, 6) is 10.4. The highest BCUT2D eigenvalue weighted by molar-refractivity contribution is 6.84. The Balaban J connectivity index is 4.57. The van der Waals surface area contributed by atoms with Gasteiger partial charge in [-0.05, 0) is 0 Å². The van der Waals surface area contributed by atoms with Gasteiger partial charge in [-0.25, -0.2) is 0 Å². The van der Waals surface area contributed by atoms with Gasteiger partial charge in [-0.2, -0.15) is 0 Å². The van der Waals surface area contributed by atoms with Crippen LogP contribution < -0.4 is 0 Å². The van der Waals surface area contributed by atoms with Crippen LogP contribution in [-0.4, -0.2) is 38.6 Å². The molecule has 0 spiro atoms. The quantitative estimate of drug-likeness (QED) is 0.520. The average molecular weight is 278 g/mol. The van der Waals surface area contributed by atoms with Gasteiger partial charge in [0, 0.05) is 0 Å². The fourth-order valence-electron chi connectivity index (χ4n) is 0.800. The van der Waals surface area contributed by atoms with Crippen molar-refractivity contribution in [2.75, 3.05) is 0 Å². The van der Waals surface area contributed by atoms with E-state index in [0.717, 1.165) is 0 Å². The molecule has 2 N–H and O–H groups in total. The summed E-state index contributed by atoms with van der Waals surface area (Å²) in [5, 5.41) is 19.0. The number of aliphatic hydroxyl groups excluding tert-OH is 2. The van der Waals surface area contributed by atoms with Crippen LogP contribution in [0.15, 0.2) is 0 Å². The van der Waals surface area contributed by atoms with Crippen molar-refractivity contribution in [3.05, 3.63) is 0 Å². The van der Waals surface area contributed by atoms with Crippen LogP contribution in [0.25, 0.3) is 0 Å². The van der Waals surface area contributed by atoms with E-state index in [9.17, 15) is 10.2 Å². The monoisotopic (exact) mass is 278 g/mol. The molecule has 18 heavy (non-hydrogen) atoms. The van der Waals surface area contributed by atoms with Gasteiger partial charge in [0.2, 0.25) is 0 Å². The highest BCUT2D eigenvalue weighted by Crippen LogP contribution is 1.97. The molecule has 0 saturated carbocycles. The van der Waals surface area contributed by atoms with Crippen LogP contribution >= 0.6 is 0 Å². The molecule has 0 bridgehead atoms. The summed E-state index contributed by atoms with van der Waals surface area (Å²) in [7, 11) is -2.98. The lowest BCUT2D eigenvalue weighted by molar-refractivity contribution is 0.279. The molecule has 0 aromatic rings. The first-order valence-corrected chi connectivity index (χ1v) is 12.9. The van der Waals surface area contributed by atoms with Gasteiger partial charge in [-0.3, -0.25) is 0 Å². The van der Waals surface area contributed by atoms with Gasteiger partial charge in [-0.15, -0.1) is 11.1 Å². The third-order valence-corrected chi connectivity index (χ3v) is 3.31. The maximum atomic E-state index is 9.51. The Morgan fingerprint density at radius 1 is 0.611 bits per heavy atom. The molecule has 0 saturated heterocycles. The number of rotatable bonds is 0.